The first-order chi connectivity index (χ1) is 8.44. The fourth-order valence-corrected chi connectivity index (χ4v) is 2.74. The number of anilines is 1. The van der Waals surface area contributed by atoms with Crippen molar-refractivity contribution < 1.29 is 17.5 Å². The summed E-state index contributed by atoms with van der Waals surface area (Å²) in [5.41, 5.74) is 0.277. The summed E-state index contributed by atoms with van der Waals surface area (Å²) in [5.74, 6) is 0.456. The highest BCUT2D eigenvalue weighted by Crippen LogP contribution is 2.21. The Labute approximate surface area is 103 Å². The lowest BCUT2D eigenvalue weighted by Crippen LogP contribution is -2.15. The average molecular weight is 272 g/mol. The van der Waals surface area contributed by atoms with Crippen LogP contribution in [0, 0.1) is 13.8 Å². The fourth-order valence-electron chi connectivity index (χ4n) is 1.47. The first-order valence-electron chi connectivity index (χ1n) is 5.22. The first-order valence-corrected chi connectivity index (χ1v) is 6.70. The zero-order valence-corrected chi connectivity index (χ0v) is 10.9. The van der Waals surface area contributed by atoms with Gasteiger partial charge in [0.05, 0.1) is 0 Å². The van der Waals surface area contributed by atoms with E-state index in [0.29, 0.717) is 12.3 Å². The highest BCUT2D eigenvalue weighted by Gasteiger charge is 2.25. The summed E-state index contributed by atoms with van der Waals surface area (Å²) >= 11 is 0. The van der Waals surface area contributed by atoms with E-state index < -0.39 is 10.0 Å². The van der Waals surface area contributed by atoms with Gasteiger partial charge in [-0.05, 0) is 19.0 Å². The van der Waals surface area contributed by atoms with Crippen LogP contribution in [-0.4, -0.2) is 23.7 Å². The lowest BCUT2D eigenvalue weighted by molar-refractivity contribution is 0.383. The molecule has 0 unspecified atom stereocenters. The predicted octanol–water partition coefficient (Wildman–Crippen LogP) is 1.04. The minimum atomic E-state index is -3.82. The highest BCUT2D eigenvalue weighted by molar-refractivity contribution is 7.92. The van der Waals surface area contributed by atoms with Crippen molar-refractivity contribution in [2.75, 3.05) is 4.72 Å². The van der Waals surface area contributed by atoms with Crippen LogP contribution in [0.4, 0.5) is 5.95 Å². The van der Waals surface area contributed by atoms with E-state index in [2.05, 4.69) is 20.0 Å². The summed E-state index contributed by atoms with van der Waals surface area (Å²) in [6.45, 7) is 4.88. The van der Waals surface area contributed by atoms with Gasteiger partial charge in [0.15, 0.2) is 10.7 Å². The quantitative estimate of drug-likeness (QED) is 0.884. The van der Waals surface area contributed by atoms with Crippen molar-refractivity contribution >= 4 is 16.0 Å². The van der Waals surface area contributed by atoms with Crippen LogP contribution in [0.5, 0.6) is 0 Å². The molecule has 0 atom stereocenters. The molecule has 98 valence electrons. The van der Waals surface area contributed by atoms with Gasteiger partial charge >= 0.3 is 0 Å². The SMILES string of the molecule is CCc1nc(NS(=O)(=O)c2c(C)noc2C)no1. The average Bonchev–Trinajstić information content (AvgIpc) is 2.85. The smallest absolute Gasteiger partial charge is 0.277 e. The molecule has 0 aliphatic carbocycles. The molecule has 0 aromatic carbocycles. The van der Waals surface area contributed by atoms with Crippen molar-refractivity contribution in [2.45, 2.75) is 32.1 Å². The molecule has 0 radical (unpaired) electrons. The van der Waals surface area contributed by atoms with Gasteiger partial charge in [-0.1, -0.05) is 12.1 Å². The van der Waals surface area contributed by atoms with Gasteiger partial charge in [-0.25, -0.2) is 13.1 Å². The topological polar surface area (TPSA) is 111 Å². The Kier molecular flexibility index (Phi) is 3.07. The molecular formula is C9H12N4O4S. The lowest BCUT2D eigenvalue weighted by atomic mass is 10.4. The molecule has 0 saturated heterocycles. The summed E-state index contributed by atoms with van der Waals surface area (Å²) in [7, 11) is -3.82. The van der Waals surface area contributed by atoms with E-state index in [1.807, 2.05) is 6.92 Å². The largest absolute Gasteiger partial charge is 0.360 e. The number of hydrogen-bond acceptors (Lipinski definition) is 7. The van der Waals surface area contributed by atoms with E-state index in [-0.39, 0.29) is 22.3 Å². The molecule has 2 rings (SSSR count). The molecule has 9 heteroatoms. The van der Waals surface area contributed by atoms with E-state index in [9.17, 15) is 8.42 Å². The normalized spacial score (nSPS) is 11.7. The second-order valence-electron chi connectivity index (χ2n) is 3.62. The van der Waals surface area contributed by atoms with Crippen LogP contribution in [0.15, 0.2) is 13.9 Å². The maximum atomic E-state index is 12.1. The number of nitrogens with zero attached hydrogens (tertiary/aromatic N) is 3. The summed E-state index contributed by atoms with van der Waals surface area (Å²) in [6.07, 6.45) is 0.528. The van der Waals surface area contributed by atoms with Gasteiger partial charge in [-0.15, -0.1) is 0 Å². The Morgan fingerprint density at radius 3 is 2.44 bits per heavy atom. The maximum Gasteiger partial charge on any atom is 0.277 e. The number of rotatable bonds is 4. The van der Waals surface area contributed by atoms with Crippen molar-refractivity contribution in [3.05, 3.63) is 17.3 Å². The van der Waals surface area contributed by atoms with Gasteiger partial charge in [0.25, 0.3) is 16.0 Å². The van der Waals surface area contributed by atoms with Gasteiger partial charge in [-0.3, -0.25) is 0 Å². The van der Waals surface area contributed by atoms with Crippen molar-refractivity contribution in [2.24, 2.45) is 0 Å². The highest BCUT2D eigenvalue weighted by atomic mass is 32.2. The fraction of sp³-hybridized carbons (Fsp3) is 0.444. The first kappa shape index (κ1) is 12.6. The second-order valence-corrected chi connectivity index (χ2v) is 5.24. The maximum absolute atomic E-state index is 12.1. The molecule has 8 nitrogen and oxygen atoms in total. The van der Waals surface area contributed by atoms with Gasteiger partial charge in [0.1, 0.15) is 5.69 Å². The minimum Gasteiger partial charge on any atom is -0.360 e. The molecule has 0 aliphatic heterocycles. The number of aryl methyl sites for hydroxylation is 3. The summed E-state index contributed by atoms with van der Waals surface area (Å²) in [6, 6.07) is 0. The molecule has 0 amide bonds. The Bertz CT molecular complexity index is 638. The number of hydrogen-bond donors (Lipinski definition) is 1. The van der Waals surface area contributed by atoms with Crippen LogP contribution in [0.25, 0.3) is 0 Å². The number of nitrogens with one attached hydrogen (secondary N) is 1. The molecule has 2 heterocycles. The van der Waals surface area contributed by atoms with Gasteiger partial charge in [-0.2, -0.15) is 4.98 Å². The second kappa shape index (κ2) is 4.41. The third kappa shape index (κ3) is 2.21. The van der Waals surface area contributed by atoms with Crippen molar-refractivity contribution in [1.82, 2.24) is 15.3 Å². The molecular weight excluding hydrogens is 260 g/mol. The number of aromatic nitrogens is 3. The molecule has 0 bridgehead atoms. The molecule has 0 spiro atoms. The van der Waals surface area contributed by atoms with E-state index in [4.69, 9.17) is 9.05 Å². The molecule has 1 N–H and O–H groups in total. The van der Waals surface area contributed by atoms with Crippen molar-refractivity contribution in [1.29, 1.82) is 0 Å². The van der Waals surface area contributed by atoms with Crippen LogP contribution in [-0.2, 0) is 16.4 Å². The standard InChI is InChI=1S/C9H12N4O4S/c1-4-7-10-9(12-17-7)13-18(14,15)8-5(2)11-16-6(8)3/h4H2,1-3H3,(H,12,13). The van der Waals surface area contributed by atoms with Crippen LogP contribution >= 0.6 is 0 Å². The number of sulfonamides is 1. The Balaban J connectivity index is 2.33. The molecule has 0 aliphatic rings. The van der Waals surface area contributed by atoms with Crippen LogP contribution in [0.1, 0.15) is 24.3 Å². The van der Waals surface area contributed by atoms with Crippen molar-refractivity contribution in [3.8, 4) is 0 Å². The molecule has 0 saturated carbocycles. The monoisotopic (exact) mass is 272 g/mol. The minimum absolute atomic E-state index is 0.00894. The lowest BCUT2D eigenvalue weighted by Gasteiger charge is -2.02. The van der Waals surface area contributed by atoms with Gasteiger partial charge in [0, 0.05) is 6.42 Å². The van der Waals surface area contributed by atoms with Crippen LogP contribution in [0.3, 0.4) is 0 Å². The van der Waals surface area contributed by atoms with E-state index in [1.54, 1.807) is 6.92 Å². The van der Waals surface area contributed by atoms with E-state index >= 15 is 0 Å². The molecule has 2 aromatic rings. The van der Waals surface area contributed by atoms with E-state index in [0.717, 1.165) is 0 Å². The molecule has 2 aromatic heterocycles. The Hall–Kier alpha value is -1.90. The zero-order valence-electron chi connectivity index (χ0n) is 10.1. The van der Waals surface area contributed by atoms with E-state index in [1.165, 1.54) is 6.92 Å². The third-order valence-electron chi connectivity index (χ3n) is 2.23. The Morgan fingerprint density at radius 1 is 1.22 bits per heavy atom. The van der Waals surface area contributed by atoms with Crippen LogP contribution < -0.4 is 4.72 Å². The summed E-state index contributed by atoms with van der Waals surface area (Å²) in [4.78, 5) is 3.86. The summed E-state index contributed by atoms with van der Waals surface area (Å²) in [5, 5.41) is 7.10. The third-order valence-corrected chi connectivity index (χ3v) is 3.80. The zero-order chi connectivity index (χ0) is 13.3. The Morgan fingerprint density at radius 2 is 1.94 bits per heavy atom. The van der Waals surface area contributed by atoms with Crippen LogP contribution in [0.2, 0.25) is 0 Å². The van der Waals surface area contributed by atoms with Crippen molar-refractivity contribution in [3.63, 3.8) is 0 Å². The van der Waals surface area contributed by atoms with Gasteiger partial charge in [0.2, 0.25) is 5.89 Å². The van der Waals surface area contributed by atoms with Gasteiger partial charge < -0.3 is 9.05 Å². The molecule has 0 fully saturated rings. The molecule has 18 heavy (non-hydrogen) atoms. The summed E-state index contributed by atoms with van der Waals surface area (Å²) < 4.78 is 36.0. The predicted molar refractivity (Wildman–Crippen MR) is 60.5 cm³/mol.